The summed E-state index contributed by atoms with van der Waals surface area (Å²) in [5.74, 6) is -0.384. The Labute approximate surface area is 204 Å². The molecule has 1 aliphatic rings. The third-order valence-corrected chi connectivity index (χ3v) is 8.37. The quantitative estimate of drug-likeness (QED) is 0.302. The molecule has 4 aromatic rings. The van der Waals surface area contributed by atoms with Gasteiger partial charge in [-0.05, 0) is 83.6 Å². The summed E-state index contributed by atoms with van der Waals surface area (Å²) in [5.41, 5.74) is 5.14. The topological polar surface area (TPSA) is 98.1 Å². The first-order valence-corrected chi connectivity index (χ1v) is 12.8. The zero-order valence-electron chi connectivity index (χ0n) is 19.3. The summed E-state index contributed by atoms with van der Waals surface area (Å²) in [7, 11) is -3.96. The Morgan fingerprint density at radius 1 is 0.771 bits per heavy atom. The van der Waals surface area contributed by atoms with Crippen molar-refractivity contribution >= 4 is 15.7 Å². The minimum atomic E-state index is -3.96. The van der Waals surface area contributed by atoms with Crippen LogP contribution in [0.1, 0.15) is 30.5 Å². The fourth-order valence-corrected chi connectivity index (χ4v) is 6.55. The summed E-state index contributed by atoms with van der Waals surface area (Å²) in [6.07, 6.45) is 0.570. The summed E-state index contributed by atoms with van der Waals surface area (Å²) in [5, 5.41) is 29.6. The molecule has 178 valence electrons. The molecular formula is C28H25NO5S. The fourth-order valence-electron chi connectivity index (χ4n) is 4.74. The number of fused-ring (bicyclic) bond motifs is 3. The minimum Gasteiger partial charge on any atom is -0.508 e. The highest BCUT2D eigenvalue weighted by atomic mass is 32.2. The molecule has 0 aliphatic carbocycles. The maximum absolute atomic E-state index is 14.0. The number of hydrogen-bond donors (Lipinski definition) is 3. The Morgan fingerprint density at radius 3 is 2.17 bits per heavy atom. The Bertz CT molecular complexity index is 1560. The summed E-state index contributed by atoms with van der Waals surface area (Å²) in [6, 6.07) is 21.8. The molecule has 0 fully saturated rings. The average Bonchev–Trinajstić information content (AvgIpc) is 2.86. The smallest absolute Gasteiger partial charge is 0.264 e. The number of hydrogen-bond acceptors (Lipinski definition) is 5. The first-order valence-electron chi connectivity index (χ1n) is 11.3. The number of phenols is 3. The molecule has 6 nitrogen and oxygen atoms in total. The molecule has 0 radical (unpaired) electrons. The Balaban J connectivity index is 1.74. The van der Waals surface area contributed by atoms with E-state index in [9.17, 15) is 23.7 Å². The number of phenolic OH excluding ortho intramolecular Hbond substituents is 3. The zero-order valence-corrected chi connectivity index (χ0v) is 20.1. The van der Waals surface area contributed by atoms with Crippen molar-refractivity contribution in [1.29, 1.82) is 0 Å². The number of aromatic hydroxyl groups is 3. The normalized spacial score (nSPS) is 14.9. The average molecular weight is 488 g/mol. The van der Waals surface area contributed by atoms with Crippen LogP contribution in [0.5, 0.6) is 17.2 Å². The first-order chi connectivity index (χ1) is 16.7. The number of aryl methyl sites for hydroxylation is 1. The Morgan fingerprint density at radius 2 is 1.46 bits per heavy atom. The molecular weight excluding hydrogens is 462 g/mol. The Kier molecular flexibility index (Phi) is 5.44. The molecule has 35 heavy (non-hydrogen) atoms. The lowest BCUT2D eigenvalue weighted by Gasteiger charge is -2.39. The van der Waals surface area contributed by atoms with Gasteiger partial charge in [0.15, 0.2) is 11.5 Å². The highest BCUT2D eigenvalue weighted by molar-refractivity contribution is 7.92. The van der Waals surface area contributed by atoms with Crippen molar-refractivity contribution in [1.82, 2.24) is 0 Å². The van der Waals surface area contributed by atoms with Crippen LogP contribution in [0.4, 0.5) is 5.69 Å². The molecule has 5 rings (SSSR count). The maximum atomic E-state index is 14.0. The number of sulfonamides is 1. The van der Waals surface area contributed by atoms with E-state index in [0.717, 1.165) is 22.3 Å². The van der Waals surface area contributed by atoms with Gasteiger partial charge in [-0.3, -0.25) is 4.31 Å². The maximum Gasteiger partial charge on any atom is 0.264 e. The summed E-state index contributed by atoms with van der Waals surface area (Å²) in [6.45, 7) is 3.63. The predicted octanol–water partition coefficient (Wildman–Crippen LogP) is 6.11. The fraction of sp³-hybridized carbons (Fsp3) is 0.143. The molecule has 0 aromatic heterocycles. The van der Waals surface area contributed by atoms with E-state index >= 15 is 0 Å². The van der Waals surface area contributed by atoms with Crippen LogP contribution in [0.15, 0.2) is 83.8 Å². The number of rotatable bonds is 4. The van der Waals surface area contributed by atoms with Gasteiger partial charge in [0.25, 0.3) is 10.0 Å². The molecule has 0 spiro atoms. The van der Waals surface area contributed by atoms with Gasteiger partial charge in [0, 0.05) is 5.56 Å². The van der Waals surface area contributed by atoms with Gasteiger partial charge in [0.1, 0.15) is 5.75 Å². The minimum absolute atomic E-state index is 0.0437. The third kappa shape index (κ3) is 3.68. The number of anilines is 1. The van der Waals surface area contributed by atoms with E-state index < -0.39 is 16.1 Å². The van der Waals surface area contributed by atoms with Crippen molar-refractivity contribution in [3.63, 3.8) is 0 Å². The monoisotopic (exact) mass is 487 g/mol. The molecule has 7 heteroatoms. The van der Waals surface area contributed by atoms with Gasteiger partial charge in [-0.1, -0.05) is 43.3 Å². The van der Waals surface area contributed by atoms with Gasteiger partial charge in [0.05, 0.1) is 16.6 Å². The molecule has 0 saturated carbocycles. The van der Waals surface area contributed by atoms with Gasteiger partial charge in [-0.2, -0.15) is 0 Å². The zero-order chi connectivity index (χ0) is 24.9. The molecule has 0 saturated heterocycles. The lowest BCUT2D eigenvalue weighted by atomic mass is 9.87. The molecule has 1 unspecified atom stereocenters. The summed E-state index contributed by atoms with van der Waals surface area (Å²) < 4.78 is 29.5. The van der Waals surface area contributed by atoms with Crippen LogP contribution in [0.25, 0.3) is 22.3 Å². The van der Waals surface area contributed by atoms with Crippen LogP contribution in [0, 0.1) is 6.92 Å². The molecule has 1 aliphatic heterocycles. The molecule has 3 N–H and O–H groups in total. The first kappa shape index (κ1) is 22.8. The van der Waals surface area contributed by atoms with Gasteiger partial charge in [0.2, 0.25) is 0 Å². The van der Waals surface area contributed by atoms with Crippen LogP contribution < -0.4 is 4.31 Å². The van der Waals surface area contributed by atoms with Crippen LogP contribution in [-0.2, 0) is 10.0 Å². The van der Waals surface area contributed by atoms with Crippen LogP contribution in [0.3, 0.4) is 0 Å². The third-order valence-electron chi connectivity index (χ3n) is 6.55. The van der Waals surface area contributed by atoms with E-state index in [0.29, 0.717) is 23.2 Å². The molecule has 1 atom stereocenters. The van der Waals surface area contributed by atoms with Crippen LogP contribution in [-0.4, -0.2) is 23.7 Å². The molecule has 1 heterocycles. The van der Waals surface area contributed by atoms with Crippen molar-refractivity contribution in [2.24, 2.45) is 0 Å². The van der Waals surface area contributed by atoms with Gasteiger partial charge in [-0.15, -0.1) is 0 Å². The second-order valence-electron chi connectivity index (χ2n) is 8.70. The summed E-state index contributed by atoms with van der Waals surface area (Å²) in [4.78, 5) is 0.115. The van der Waals surface area contributed by atoms with Gasteiger partial charge in [-0.25, -0.2) is 8.42 Å². The SMILES string of the molecule is CCC1c2ccccc2-c2cc(-c3ccc(O)c(O)c3)ccc2N1S(=O)(=O)c1ccc(O)c(C)c1. The van der Waals surface area contributed by atoms with E-state index in [1.54, 1.807) is 19.1 Å². The second kappa shape index (κ2) is 8.36. The van der Waals surface area contributed by atoms with E-state index in [2.05, 4.69) is 0 Å². The molecule has 0 amide bonds. The highest BCUT2D eigenvalue weighted by Crippen LogP contribution is 2.49. The lowest BCUT2D eigenvalue weighted by molar-refractivity contribution is 0.404. The molecule has 0 bridgehead atoms. The van der Waals surface area contributed by atoms with Crippen molar-refractivity contribution < 1.29 is 23.7 Å². The van der Waals surface area contributed by atoms with Crippen molar-refractivity contribution in [2.75, 3.05) is 4.31 Å². The van der Waals surface area contributed by atoms with Crippen molar-refractivity contribution in [3.05, 3.63) is 90.0 Å². The van der Waals surface area contributed by atoms with Gasteiger partial charge < -0.3 is 15.3 Å². The van der Waals surface area contributed by atoms with E-state index in [1.807, 2.05) is 43.3 Å². The number of benzene rings is 4. The van der Waals surface area contributed by atoms with E-state index in [4.69, 9.17) is 0 Å². The van der Waals surface area contributed by atoms with Crippen LogP contribution >= 0.6 is 0 Å². The van der Waals surface area contributed by atoms with Crippen molar-refractivity contribution in [3.8, 4) is 39.5 Å². The van der Waals surface area contributed by atoms with Crippen molar-refractivity contribution in [2.45, 2.75) is 31.2 Å². The van der Waals surface area contributed by atoms with Gasteiger partial charge >= 0.3 is 0 Å². The highest BCUT2D eigenvalue weighted by Gasteiger charge is 2.38. The molecule has 4 aromatic carbocycles. The second-order valence-corrected chi connectivity index (χ2v) is 10.5. The standard InChI is InChI=1S/C28H25NO5S/c1-3-24-22-7-5-4-6-21(22)23-15-18(19-9-12-27(31)28(32)16-19)8-11-25(23)29(24)35(33,34)20-10-13-26(30)17(2)14-20/h4-16,24,30-32H,3H2,1-2H3. The summed E-state index contributed by atoms with van der Waals surface area (Å²) >= 11 is 0. The predicted molar refractivity (Wildman–Crippen MR) is 136 cm³/mol. The Hall–Kier alpha value is -3.97. The lowest BCUT2D eigenvalue weighted by Crippen LogP contribution is -2.37. The van der Waals surface area contributed by atoms with Crippen LogP contribution in [0.2, 0.25) is 0 Å². The van der Waals surface area contributed by atoms with E-state index in [1.165, 1.54) is 34.6 Å². The largest absolute Gasteiger partial charge is 0.508 e. The number of nitrogens with zero attached hydrogens (tertiary/aromatic N) is 1. The van der Waals surface area contributed by atoms with E-state index in [-0.39, 0.29) is 22.1 Å².